The average Bonchev–Trinajstić information content (AvgIpc) is 3.08. The Hall–Kier alpha value is -3.68. The molecule has 3 aromatic rings. The monoisotopic (exact) mass is 457 g/mol. The lowest BCUT2D eigenvalue weighted by atomic mass is 10.1. The summed E-state index contributed by atoms with van der Waals surface area (Å²) in [7, 11) is 3.16. The molecule has 33 heavy (non-hydrogen) atoms. The largest absolute Gasteiger partial charge is 0.493 e. The Morgan fingerprint density at radius 3 is 2.30 bits per heavy atom. The van der Waals surface area contributed by atoms with E-state index in [-0.39, 0.29) is 0 Å². The Morgan fingerprint density at radius 1 is 0.909 bits per heavy atom. The predicted octanol–water partition coefficient (Wildman–Crippen LogP) is 4.68. The number of Topliss-reactive ketones (excluding diaryl/α,β-unsaturated/α-hetero) is 1. The van der Waals surface area contributed by atoms with Crippen LogP contribution < -0.4 is 9.47 Å². The lowest BCUT2D eigenvalue weighted by Crippen LogP contribution is -2.16. The first-order valence-electron chi connectivity index (χ1n) is 10.3. The third kappa shape index (κ3) is 5.39. The van der Waals surface area contributed by atoms with Crippen LogP contribution in [0.1, 0.15) is 37.7 Å². The van der Waals surface area contributed by atoms with Gasteiger partial charge in [0.25, 0.3) is 0 Å². The van der Waals surface area contributed by atoms with E-state index in [4.69, 9.17) is 14.2 Å². The Balaban J connectivity index is 1.67. The minimum Gasteiger partial charge on any atom is -0.493 e. The zero-order valence-corrected chi connectivity index (χ0v) is 18.9. The topological polar surface area (TPSA) is 66.8 Å². The average molecular weight is 457 g/mol. The number of methoxy groups -OCH3 is 2. The van der Waals surface area contributed by atoms with Crippen molar-refractivity contribution in [1.82, 2.24) is 4.57 Å². The van der Waals surface area contributed by atoms with Gasteiger partial charge in [-0.15, -0.1) is 0 Å². The smallest absolute Gasteiger partial charge is 0.341 e. The molecule has 0 bridgehead atoms. The summed E-state index contributed by atoms with van der Waals surface area (Å²) in [5, 5.41) is 0. The van der Waals surface area contributed by atoms with E-state index in [1.807, 2.05) is 36.6 Å². The van der Waals surface area contributed by atoms with Gasteiger partial charge in [0, 0.05) is 29.6 Å². The molecule has 0 aliphatic heterocycles. The fraction of sp³-hybridized carbons (Fsp3) is 0.280. The van der Waals surface area contributed by atoms with Gasteiger partial charge in [0.2, 0.25) is 5.78 Å². The predicted molar refractivity (Wildman–Crippen MR) is 118 cm³/mol. The molecule has 174 valence electrons. The van der Waals surface area contributed by atoms with Crippen molar-refractivity contribution in [3.05, 3.63) is 82.2 Å². The molecule has 0 aliphatic rings. The summed E-state index contributed by atoms with van der Waals surface area (Å²) < 4.78 is 44.3. The van der Waals surface area contributed by atoms with Gasteiger partial charge in [-0.2, -0.15) is 0 Å². The van der Waals surface area contributed by atoms with Crippen molar-refractivity contribution in [2.75, 3.05) is 20.8 Å². The second-order valence-corrected chi connectivity index (χ2v) is 7.50. The van der Waals surface area contributed by atoms with Gasteiger partial charge in [-0.05, 0) is 56.2 Å². The lowest BCUT2D eigenvalue weighted by Gasteiger charge is -2.12. The SMILES string of the molecule is COc1ccc(CCn2c(C)cc(C(=O)COC(=O)c3ccc(F)cc3F)c2C)cc1OC. The third-order valence-corrected chi connectivity index (χ3v) is 5.43. The van der Waals surface area contributed by atoms with Crippen molar-refractivity contribution in [3.63, 3.8) is 0 Å². The Bertz CT molecular complexity index is 1190. The van der Waals surface area contributed by atoms with E-state index in [1.54, 1.807) is 20.3 Å². The first kappa shape index (κ1) is 24.0. The summed E-state index contributed by atoms with van der Waals surface area (Å²) in [5.74, 6) is -1.98. The first-order valence-corrected chi connectivity index (χ1v) is 10.3. The second-order valence-electron chi connectivity index (χ2n) is 7.50. The third-order valence-electron chi connectivity index (χ3n) is 5.43. The highest BCUT2D eigenvalue weighted by atomic mass is 19.1. The van der Waals surface area contributed by atoms with Crippen LogP contribution >= 0.6 is 0 Å². The van der Waals surface area contributed by atoms with Gasteiger partial charge in [-0.1, -0.05) is 6.07 Å². The number of halogens is 2. The number of nitrogens with zero attached hydrogens (tertiary/aromatic N) is 1. The van der Waals surface area contributed by atoms with Gasteiger partial charge >= 0.3 is 5.97 Å². The van der Waals surface area contributed by atoms with Crippen molar-refractivity contribution < 1.29 is 32.6 Å². The fourth-order valence-corrected chi connectivity index (χ4v) is 3.65. The molecular weight excluding hydrogens is 432 g/mol. The van der Waals surface area contributed by atoms with Crippen molar-refractivity contribution in [1.29, 1.82) is 0 Å². The number of rotatable bonds is 9. The van der Waals surface area contributed by atoms with Crippen molar-refractivity contribution in [3.8, 4) is 11.5 Å². The van der Waals surface area contributed by atoms with Crippen molar-refractivity contribution >= 4 is 11.8 Å². The highest BCUT2D eigenvalue weighted by Gasteiger charge is 2.20. The molecule has 0 fully saturated rings. The van der Waals surface area contributed by atoms with Crippen LogP contribution in [-0.4, -0.2) is 37.1 Å². The maximum atomic E-state index is 13.7. The summed E-state index contributed by atoms with van der Waals surface area (Å²) >= 11 is 0. The standard InChI is InChI=1S/C25H25F2NO5/c1-15-11-20(22(29)14-33-25(30)19-7-6-18(26)13-21(19)27)16(2)28(15)10-9-17-5-8-23(31-3)24(12-17)32-4/h5-8,11-13H,9-10,14H2,1-4H3. The van der Waals surface area contributed by atoms with Gasteiger partial charge in [-0.25, -0.2) is 13.6 Å². The molecule has 1 aromatic heterocycles. The van der Waals surface area contributed by atoms with E-state index in [0.717, 1.165) is 29.1 Å². The van der Waals surface area contributed by atoms with Crippen LogP contribution in [0.3, 0.4) is 0 Å². The van der Waals surface area contributed by atoms with Crippen LogP contribution in [0.25, 0.3) is 0 Å². The molecule has 8 heteroatoms. The zero-order valence-electron chi connectivity index (χ0n) is 18.9. The maximum Gasteiger partial charge on any atom is 0.341 e. The highest BCUT2D eigenvalue weighted by Crippen LogP contribution is 2.28. The number of ether oxygens (including phenoxy) is 3. The molecule has 0 spiro atoms. The number of carbonyl (C=O) groups excluding carboxylic acids is 2. The number of hydrogen-bond donors (Lipinski definition) is 0. The molecule has 6 nitrogen and oxygen atoms in total. The number of aryl methyl sites for hydroxylation is 2. The van der Waals surface area contributed by atoms with E-state index >= 15 is 0 Å². The highest BCUT2D eigenvalue weighted by molar-refractivity contribution is 6.00. The molecule has 0 N–H and O–H groups in total. The lowest BCUT2D eigenvalue weighted by molar-refractivity contribution is 0.0469. The van der Waals surface area contributed by atoms with Crippen LogP contribution in [0, 0.1) is 25.5 Å². The minimum absolute atomic E-state index is 0.406. The molecule has 2 aromatic carbocycles. The molecule has 0 amide bonds. The summed E-state index contributed by atoms with van der Waals surface area (Å²) in [6.07, 6.45) is 0.698. The van der Waals surface area contributed by atoms with Crippen LogP contribution in [0.2, 0.25) is 0 Å². The molecule has 0 aliphatic carbocycles. The normalized spacial score (nSPS) is 10.7. The summed E-state index contributed by atoms with van der Waals surface area (Å²) in [6, 6.07) is 9.97. The van der Waals surface area contributed by atoms with Crippen LogP contribution in [0.5, 0.6) is 11.5 Å². The molecule has 0 radical (unpaired) electrons. The van der Waals surface area contributed by atoms with E-state index in [2.05, 4.69) is 0 Å². The van der Waals surface area contributed by atoms with Gasteiger partial charge in [-0.3, -0.25) is 4.79 Å². The molecule has 1 heterocycles. The Morgan fingerprint density at radius 2 is 1.64 bits per heavy atom. The summed E-state index contributed by atoms with van der Waals surface area (Å²) in [4.78, 5) is 24.7. The van der Waals surface area contributed by atoms with Crippen LogP contribution in [0.4, 0.5) is 8.78 Å². The van der Waals surface area contributed by atoms with E-state index in [9.17, 15) is 18.4 Å². The Labute approximate surface area is 190 Å². The fourth-order valence-electron chi connectivity index (χ4n) is 3.65. The number of aromatic nitrogens is 1. The summed E-state index contributed by atoms with van der Waals surface area (Å²) in [5.41, 5.74) is 2.66. The van der Waals surface area contributed by atoms with Gasteiger partial charge in [0.1, 0.15) is 11.6 Å². The van der Waals surface area contributed by atoms with Gasteiger partial charge in [0.05, 0.1) is 19.8 Å². The number of ketones is 1. The van der Waals surface area contributed by atoms with E-state index < -0.39 is 35.6 Å². The minimum atomic E-state index is -1.04. The van der Waals surface area contributed by atoms with Gasteiger partial charge in [0.15, 0.2) is 18.1 Å². The number of hydrogen-bond acceptors (Lipinski definition) is 5. The van der Waals surface area contributed by atoms with Gasteiger partial charge < -0.3 is 18.8 Å². The van der Waals surface area contributed by atoms with E-state index in [1.165, 1.54) is 0 Å². The van der Waals surface area contributed by atoms with Crippen molar-refractivity contribution in [2.24, 2.45) is 0 Å². The van der Waals surface area contributed by atoms with E-state index in [0.29, 0.717) is 36.1 Å². The van der Waals surface area contributed by atoms with Crippen LogP contribution in [0.15, 0.2) is 42.5 Å². The number of carbonyl (C=O) groups is 2. The second kappa shape index (κ2) is 10.3. The molecule has 0 saturated carbocycles. The number of esters is 1. The first-order chi connectivity index (χ1) is 15.7. The van der Waals surface area contributed by atoms with Crippen LogP contribution in [-0.2, 0) is 17.7 Å². The zero-order chi connectivity index (χ0) is 24.1. The quantitative estimate of drug-likeness (QED) is 0.345. The molecule has 3 rings (SSSR count). The number of benzene rings is 2. The summed E-state index contributed by atoms with van der Waals surface area (Å²) in [6.45, 7) is 3.78. The molecular formula is C25H25F2NO5. The molecule has 0 saturated heterocycles. The molecule has 0 atom stereocenters. The Kier molecular flexibility index (Phi) is 7.48. The molecule has 0 unspecified atom stereocenters. The van der Waals surface area contributed by atoms with Crippen molar-refractivity contribution in [2.45, 2.75) is 26.8 Å². The maximum absolute atomic E-state index is 13.7.